The number of amides is 1. The minimum atomic E-state index is 0.0843. The number of fused-ring (bicyclic) bond motifs is 1. The van der Waals surface area contributed by atoms with Crippen molar-refractivity contribution >= 4 is 28.4 Å². The molecule has 3 rings (SSSR count). The highest BCUT2D eigenvalue weighted by Gasteiger charge is 2.24. The van der Waals surface area contributed by atoms with Crippen molar-refractivity contribution in [3.05, 3.63) is 35.0 Å². The summed E-state index contributed by atoms with van der Waals surface area (Å²) in [6, 6.07) is 8.00. The van der Waals surface area contributed by atoms with E-state index < -0.39 is 0 Å². The Balaban J connectivity index is 1.84. The van der Waals surface area contributed by atoms with Crippen molar-refractivity contribution in [1.82, 2.24) is 14.8 Å². The lowest BCUT2D eigenvalue weighted by Gasteiger charge is -2.28. The number of H-pyrrole nitrogens is 1. The number of rotatable bonds is 2. The van der Waals surface area contributed by atoms with Crippen LogP contribution in [0.2, 0.25) is 5.02 Å². The molecule has 22 heavy (non-hydrogen) atoms. The predicted molar refractivity (Wildman–Crippen MR) is 90.5 cm³/mol. The topological polar surface area (TPSA) is 39.3 Å². The third-order valence-electron chi connectivity index (χ3n) is 4.48. The van der Waals surface area contributed by atoms with Gasteiger partial charge in [-0.1, -0.05) is 24.1 Å². The number of aromatic amines is 1. The van der Waals surface area contributed by atoms with Crippen molar-refractivity contribution in [3.8, 4) is 0 Å². The van der Waals surface area contributed by atoms with Crippen LogP contribution in [0.15, 0.2) is 24.3 Å². The monoisotopic (exact) mass is 319 g/mol. The maximum absolute atomic E-state index is 12.8. The molecule has 1 saturated heterocycles. The van der Waals surface area contributed by atoms with E-state index in [-0.39, 0.29) is 5.91 Å². The van der Waals surface area contributed by atoms with Gasteiger partial charge in [0.1, 0.15) is 5.69 Å². The van der Waals surface area contributed by atoms with Crippen LogP contribution in [0.3, 0.4) is 0 Å². The molecule has 1 fully saturated rings. The first kappa shape index (κ1) is 15.4. The van der Waals surface area contributed by atoms with Crippen LogP contribution in [-0.2, 0) is 0 Å². The second kappa shape index (κ2) is 6.31. The Morgan fingerprint density at radius 3 is 2.91 bits per heavy atom. The lowest BCUT2D eigenvalue weighted by molar-refractivity contribution is 0.0720. The van der Waals surface area contributed by atoms with Gasteiger partial charge in [0, 0.05) is 35.1 Å². The second-order valence-electron chi connectivity index (χ2n) is 6.28. The van der Waals surface area contributed by atoms with E-state index >= 15 is 0 Å². The number of benzene rings is 1. The summed E-state index contributed by atoms with van der Waals surface area (Å²) in [4.78, 5) is 20.2. The fraction of sp³-hybridized carbons (Fsp3) is 0.471. The van der Waals surface area contributed by atoms with Crippen molar-refractivity contribution in [2.24, 2.45) is 0 Å². The summed E-state index contributed by atoms with van der Waals surface area (Å²) in [6.45, 7) is 1.63. The number of likely N-dealkylation sites (N-methyl/N-ethyl adjacent to an activating group) is 1. The van der Waals surface area contributed by atoms with Crippen LogP contribution >= 0.6 is 11.6 Å². The Morgan fingerprint density at radius 1 is 1.32 bits per heavy atom. The first-order valence-corrected chi connectivity index (χ1v) is 8.16. The standard InChI is InChI=1S/C17H22ClN3O/c1-20(2)14-5-3-4-8-21(11-14)17(22)16-9-12-6-7-13(18)10-15(12)19-16/h6-7,9-10,14,19H,3-5,8,11H2,1-2H3. The van der Waals surface area contributed by atoms with E-state index in [1.54, 1.807) is 0 Å². The van der Waals surface area contributed by atoms with Gasteiger partial charge in [0.15, 0.2) is 0 Å². The largest absolute Gasteiger partial charge is 0.350 e. The summed E-state index contributed by atoms with van der Waals surface area (Å²) >= 11 is 6.01. The molecule has 1 atom stereocenters. The summed E-state index contributed by atoms with van der Waals surface area (Å²) in [5.74, 6) is 0.0843. The maximum atomic E-state index is 12.8. The average molecular weight is 320 g/mol. The lowest BCUT2D eigenvalue weighted by Crippen LogP contribution is -2.42. The number of aromatic nitrogens is 1. The molecule has 0 aliphatic carbocycles. The molecule has 1 aromatic carbocycles. The molecule has 1 aromatic heterocycles. The number of likely N-dealkylation sites (tertiary alicyclic amines) is 1. The zero-order valence-electron chi connectivity index (χ0n) is 13.1. The second-order valence-corrected chi connectivity index (χ2v) is 6.72. The van der Waals surface area contributed by atoms with E-state index in [1.165, 1.54) is 6.42 Å². The minimum absolute atomic E-state index is 0.0843. The fourth-order valence-electron chi connectivity index (χ4n) is 3.11. The molecule has 1 amide bonds. The van der Waals surface area contributed by atoms with Crippen molar-refractivity contribution < 1.29 is 4.79 Å². The quantitative estimate of drug-likeness (QED) is 0.921. The number of nitrogens with one attached hydrogen (secondary N) is 1. The highest BCUT2D eigenvalue weighted by Crippen LogP contribution is 2.22. The van der Waals surface area contributed by atoms with Crippen LogP contribution in [0.25, 0.3) is 10.9 Å². The van der Waals surface area contributed by atoms with Gasteiger partial charge < -0.3 is 14.8 Å². The van der Waals surface area contributed by atoms with Crippen molar-refractivity contribution in [3.63, 3.8) is 0 Å². The molecule has 4 nitrogen and oxygen atoms in total. The smallest absolute Gasteiger partial charge is 0.270 e. The van der Waals surface area contributed by atoms with Gasteiger partial charge in [-0.2, -0.15) is 0 Å². The van der Waals surface area contributed by atoms with E-state index in [2.05, 4.69) is 24.0 Å². The Morgan fingerprint density at radius 2 is 2.14 bits per heavy atom. The Kier molecular flexibility index (Phi) is 4.41. The van der Waals surface area contributed by atoms with E-state index in [1.807, 2.05) is 29.2 Å². The molecule has 2 aromatic rings. The van der Waals surface area contributed by atoms with Crippen LogP contribution in [0.1, 0.15) is 29.8 Å². The molecular formula is C17H22ClN3O. The van der Waals surface area contributed by atoms with E-state index in [9.17, 15) is 4.79 Å². The number of nitrogens with zero attached hydrogens (tertiary/aromatic N) is 2. The summed E-state index contributed by atoms with van der Waals surface area (Å²) in [5, 5.41) is 1.70. The lowest BCUT2D eigenvalue weighted by atomic mass is 10.1. The van der Waals surface area contributed by atoms with Gasteiger partial charge in [-0.05, 0) is 45.1 Å². The SMILES string of the molecule is CN(C)C1CCCCN(C(=O)c2cc3ccc(Cl)cc3[nH]2)C1. The van der Waals surface area contributed by atoms with Crippen LogP contribution < -0.4 is 0 Å². The van der Waals surface area contributed by atoms with Crippen molar-refractivity contribution in [2.45, 2.75) is 25.3 Å². The van der Waals surface area contributed by atoms with Gasteiger partial charge in [0.25, 0.3) is 5.91 Å². The van der Waals surface area contributed by atoms with Crippen molar-refractivity contribution in [1.29, 1.82) is 0 Å². The van der Waals surface area contributed by atoms with Gasteiger partial charge in [0.05, 0.1) is 0 Å². The third kappa shape index (κ3) is 3.13. The first-order valence-electron chi connectivity index (χ1n) is 7.78. The summed E-state index contributed by atoms with van der Waals surface area (Å²) in [7, 11) is 4.17. The number of hydrogen-bond donors (Lipinski definition) is 1. The average Bonchev–Trinajstić information content (AvgIpc) is 2.74. The summed E-state index contributed by atoms with van der Waals surface area (Å²) in [6.07, 6.45) is 3.40. The maximum Gasteiger partial charge on any atom is 0.270 e. The molecule has 118 valence electrons. The molecule has 1 aliphatic heterocycles. The van der Waals surface area contributed by atoms with E-state index in [4.69, 9.17) is 11.6 Å². The fourth-order valence-corrected chi connectivity index (χ4v) is 3.28. The third-order valence-corrected chi connectivity index (χ3v) is 4.71. The minimum Gasteiger partial charge on any atom is -0.350 e. The summed E-state index contributed by atoms with van der Waals surface area (Å²) < 4.78 is 0. The van der Waals surface area contributed by atoms with Gasteiger partial charge in [-0.3, -0.25) is 4.79 Å². The van der Waals surface area contributed by atoms with Gasteiger partial charge in [-0.25, -0.2) is 0 Å². The molecule has 1 N–H and O–H groups in total. The van der Waals surface area contributed by atoms with Crippen LogP contribution in [-0.4, -0.2) is 53.9 Å². The molecule has 0 radical (unpaired) electrons. The van der Waals surface area contributed by atoms with E-state index in [0.717, 1.165) is 36.8 Å². The molecule has 5 heteroatoms. The molecule has 0 saturated carbocycles. The zero-order valence-corrected chi connectivity index (χ0v) is 13.9. The number of carbonyl (C=O) groups excluding carboxylic acids is 1. The van der Waals surface area contributed by atoms with Crippen LogP contribution in [0.4, 0.5) is 0 Å². The van der Waals surface area contributed by atoms with Crippen molar-refractivity contribution in [2.75, 3.05) is 27.2 Å². The molecule has 0 spiro atoms. The molecule has 1 aliphatic rings. The predicted octanol–water partition coefficient (Wildman–Crippen LogP) is 3.38. The van der Waals surface area contributed by atoms with Gasteiger partial charge >= 0.3 is 0 Å². The van der Waals surface area contributed by atoms with Gasteiger partial charge in [-0.15, -0.1) is 0 Å². The summed E-state index contributed by atoms with van der Waals surface area (Å²) in [5.41, 5.74) is 1.56. The van der Waals surface area contributed by atoms with Gasteiger partial charge in [0.2, 0.25) is 0 Å². The zero-order chi connectivity index (χ0) is 15.7. The number of hydrogen-bond acceptors (Lipinski definition) is 2. The molecule has 2 heterocycles. The highest BCUT2D eigenvalue weighted by atomic mass is 35.5. The normalized spacial score (nSPS) is 19.6. The molecular weight excluding hydrogens is 298 g/mol. The highest BCUT2D eigenvalue weighted by molar-refractivity contribution is 6.31. The van der Waals surface area contributed by atoms with Crippen LogP contribution in [0.5, 0.6) is 0 Å². The van der Waals surface area contributed by atoms with Crippen LogP contribution in [0, 0.1) is 0 Å². The van der Waals surface area contributed by atoms with E-state index in [0.29, 0.717) is 16.8 Å². The Labute approximate surface area is 136 Å². The Bertz CT molecular complexity index is 680. The number of halogens is 1. The molecule has 0 bridgehead atoms. The first-order chi connectivity index (χ1) is 10.5. The Hall–Kier alpha value is -1.52. The molecule has 1 unspecified atom stereocenters. The number of carbonyl (C=O) groups is 1.